The van der Waals surface area contributed by atoms with Gasteiger partial charge < -0.3 is 25.2 Å². The zero-order valence-electron chi connectivity index (χ0n) is 15.6. The van der Waals surface area contributed by atoms with Crippen LogP contribution in [0.1, 0.15) is 33.6 Å². The van der Waals surface area contributed by atoms with Crippen LogP contribution in [0.4, 0.5) is 0 Å². The Morgan fingerprint density at radius 2 is 2.00 bits per heavy atom. The van der Waals surface area contributed by atoms with Crippen molar-refractivity contribution in [1.82, 2.24) is 15.5 Å². The molecule has 142 valence electrons. The van der Waals surface area contributed by atoms with E-state index in [0.717, 1.165) is 58.3 Å². The number of ether oxygens (including phenoxy) is 2. The van der Waals surface area contributed by atoms with E-state index in [1.807, 2.05) is 13.8 Å². The molecule has 0 aromatic heterocycles. The average molecular weight is 345 g/mol. The number of nitrogens with one attached hydrogen (secondary N) is 2. The first-order valence-electron chi connectivity index (χ1n) is 9.20. The number of β-amino-alcohol motifs (C(OH)–C–C–N with tert-alkyl or cyclic N) is 1. The second kappa shape index (κ2) is 12.5. The van der Waals surface area contributed by atoms with Crippen LogP contribution in [0.25, 0.3) is 0 Å². The van der Waals surface area contributed by atoms with Crippen molar-refractivity contribution in [3.8, 4) is 0 Å². The highest BCUT2D eigenvalue weighted by molar-refractivity contribution is 5.79. The molecule has 0 bridgehead atoms. The summed E-state index contributed by atoms with van der Waals surface area (Å²) in [6.45, 7) is 13.2. The van der Waals surface area contributed by atoms with Crippen LogP contribution in [-0.4, -0.2) is 87.3 Å². The second-order valence-corrected chi connectivity index (χ2v) is 6.47. The molecule has 0 aliphatic carbocycles. The fraction of sp³-hybridized carbons (Fsp3) is 0.941. The zero-order chi connectivity index (χ0) is 17.7. The van der Waals surface area contributed by atoms with Crippen LogP contribution in [-0.2, 0) is 9.47 Å². The minimum atomic E-state index is -0.850. The maximum atomic E-state index is 10.6. The SMILES string of the molecule is CCCCOCCNC(=NCC(C)(O)CN1CCOCC1)NCC. The molecule has 1 heterocycles. The van der Waals surface area contributed by atoms with Crippen LogP contribution in [0.2, 0.25) is 0 Å². The maximum Gasteiger partial charge on any atom is 0.191 e. The minimum Gasteiger partial charge on any atom is -0.387 e. The van der Waals surface area contributed by atoms with Crippen molar-refractivity contribution >= 4 is 5.96 Å². The fourth-order valence-electron chi connectivity index (χ4n) is 2.47. The van der Waals surface area contributed by atoms with E-state index in [-0.39, 0.29) is 0 Å². The van der Waals surface area contributed by atoms with Gasteiger partial charge in [-0.3, -0.25) is 9.89 Å². The van der Waals surface area contributed by atoms with Crippen LogP contribution in [0, 0.1) is 0 Å². The molecule has 1 aliphatic heterocycles. The van der Waals surface area contributed by atoms with E-state index < -0.39 is 5.60 Å². The zero-order valence-corrected chi connectivity index (χ0v) is 15.6. The van der Waals surface area contributed by atoms with Crippen molar-refractivity contribution in [1.29, 1.82) is 0 Å². The number of guanidine groups is 1. The third-order valence-electron chi connectivity index (χ3n) is 3.77. The Hall–Kier alpha value is -0.890. The molecular formula is C17H36N4O3. The number of rotatable bonds is 11. The van der Waals surface area contributed by atoms with E-state index in [0.29, 0.717) is 26.2 Å². The summed E-state index contributed by atoms with van der Waals surface area (Å²) < 4.78 is 10.9. The molecule has 7 nitrogen and oxygen atoms in total. The Morgan fingerprint density at radius 1 is 1.25 bits per heavy atom. The Bertz CT molecular complexity index is 345. The van der Waals surface area contributed by atoms with E-state index >= 15 is 0 Å². The molecule has 7 heteroatoms. The largest absolute Gasteiger partial charge is 0.387 e. The normalized spacial score (nSPS) is 19.1. The first kappa shape index (κ1) is 21.2. The molecule has 1 saturated heterocycles. The molecule has 1 unspecified atom stereocenters. The minimum absolute atomic E-state index is 0.358. The summed E-state index contributed by atoms with van der Waals surface area (Å²) >= 11 is 0. The van der Waals surface area contributed by atoms with Gasteiger partial charge >= 0.3 is 0 Å². The third kappa shape index (κ3) is 10.1. The lowest BCUT2D eigenvalue weighted by Gasteiger charge is -2.33. The maximum absolute atomic E-state index is 10.6. The van der Waals surface area contributed by atoms with Gasteiger partial charge in [-0.2, -0.15) is 0 Å². The Kier molecular flexibility index (Phi) is 11.0. The van der Waals surface area contributed by atoms with Gasteiger partial charge in [0.1, 0.15) is 0 Å². The van der Waals surface area contributed by atoms with Crippen molar-refractivity contribution in [3.63, 3.8) is 0 Å². The predicted molar refractivity (Wildman–Crippen MR) is 97.6 cm³/mol. The van der Waals surface area contributed by atoms with Crippen LogP contribution >= 0.6 is 0 Å². The summed E-state index contributed by atoms with van der Waals surface area (Å²) in [6, 6.07) is 0. The Balaban J connectivity index is 2.33. The highest BCUT2D eigenvalue weighted by atomic mass is 16.5. The summed E-state index contributed by atoms with van der Waals surface area (Å²) in [6.07, 6.45) is 2.24. The molecule has 3 N–H and O–H groups in total. The summed E-state index contributed by atoms with van der Waals surface area (Å²) in [5.41, 5.74) is -0.850. The topological polar surface area (TPSA) is 78.3 Å². The van der Waals surface area contributed by atoms with Crippen molar-refractivity contribution in [3.05, 3.63) is 0 Å². The number of morpholine rings is 1. The lowest BCUT2D eigenvalue weighted by molar-refractivity contribution is -0.0180. The molecule has 0 amide bonds. The van der Waals surface area contributed by atoms with Crippen LogP contribution in [0.5, 0.6) is 0 Å². The number of aliphatic hydroxyl groups is 1. The van der Waals surface area contributed by atoms with Gasteiger partial charge in [0.25, 0.3) is 0 Å². The molecule has 24 heavy (non-hydrogen) atoms. The summed E-state index contributed by atoms with van der Waals surface area (Å²) in [5.74, 6) is 0.721. The molecule has 1 fully saturated rings. The quantitative estimate of drug-likeness (QED) is 0.287. The number of unbranched alkanes of at least 4 members (excludes halogenated alkanes) is 1. The van der Waals surface area contributed by atoms with Crippen molar-refractivity contribution in [2.75, 3.05) is 65.7 Å². The van der Waals surface area contributed by atoms with E-state index in [4.69, 9.17) is 9.47 Å². The van der Waals surface area contributed by atoms with Gasteiger partial charge in [-0.1, -0.05) is 13.3 Å². The number of hydrogen-bond acceptors (Lipinski definition) is 5. The monoisotopic (exact) mass is 344 g/mol. The van der Waals surface area contributed by atoms with Crippen LogP contribution in [0.3, 0.4) is 0 Å². The van der Waals surface area contributed by atoms with Gasteiger partial charge in [0.05, 0.1) is 32.0 Å². The summed E-state index contributed by atoms with van der Waals surface area (Å²) in [4.78, 5) is 6.74. The molecule has 0 aromatic carbocycles. The lowest BCUT2D eigenvalue weighted by atomic mass is 10.1. The number of hydrogen-bond donors (Lipinski definition) is 3. The fourth-order valence-corrected chi connectivity index (χ4v) is 2.47. The lowest BCUT2D eigenvalue weighted by Crippen LogP contribution is -2.48. The average Bonchev–Trinajstić information content (AvgIpc) is 2.56. The molecule has 0 radical (unpaired) electrons. The van der Waals surface area contributed by atoms with Crippen molar-refractivity contribution < 1.29 is 14.6 Å². The first-order valence-corrected chi connectivity index (χ1v) is 9.20. The van der Waals surface area contributed by atoms with E-state index in [2.05, 4.69) is 27.4 Å². The third-order valence-corrected chi connectivity index (χ3v) is 3.77. The van der Waals surface area contributed by atoms with Crippen molar-refractivity contribution in [2.45, 2.75) is 39.2 Å². The van der Waals surface area contributed by atoms with Gasteiger partial charge in [-0.25, -0.2) is 0 Å². The highest BCUT2D eigenvalue weighted by Gasteiger charge is 2.25. The van der Waals surface area contributed by atoms with Gasteiger partial charge in [0.2, 0.25) is 0 Å². The molecule has 1 rings (SSSR count). The smallest absolute Gasteiger partial charge is 0.191 e. The van der Waals surface area contributed by atoms with Gasteiger partial charge in [0, 0.05) is 39.3 Å². The van der Waals surface area contributed by atoms with Crippen molar-refractivity contribution in [2.24, 2.45) is 4.99 Å². The molecule has 1 atom stereocenters. The van der Waals surface area contributed by atoms with E-state index in [9.17, 15) is 5.11 Å². The molecular weight excluding hydrogens is 308 g/mol. The second-order valence-electron chi connectivity index (χ2n) is 6.47. The number of aliphatic imine (C=N–C) groups is 1. The molecule has 0 saturated carbocycles. The summed E-state index contributed by atoms with van der Waals surface area (Å²) in [5, 5.41) is 17.0. The predicted octanol–water partition coefficient (Wildman–Crippen LogP) is 0.441. The van der Waals surface area contributed by atoms with Crippen LogP contribution < -0.4 is 10.6 Å². The van der Waals surface area contributed by atoms with Gasteiger partial charge in [-0.05, 0) is 20.3 Å². The van der Waals surface area contributed by atoms with E-state index in [1.54, 1.807) is 0 Å². The molecule has 1 aliphatic rings. The Morgan fingerprint density at radius 3 is 2.67 bits per heavy atom. The first-order chi connectivity index (χ1) is 11.6. The molecule has 0 aromatic rings. The highest BCUT2D eigenvalue weighted by Crippen LogP contribution is 2.09. The van der Waals surface area contributed by atoms with Gasteiger partial charge in [0.15, 0.2) is 5.96 Å². The number of nitrogens with zero attached hydrogens (tertiary/aromatic N) is 2. The van der Waals surface area contributed by atoms with E-state index in [1.165, 1.54) is 0 Å². The van der Waals surface area contributed by atoms with Gasteiger partial charge in [-0.15, -0.1) is 0 Å². The summed E-state index contributed by atoms with van der Waals surface area (Å²) in [7, 11) is 0. The molecule has 0 spiro atoms. The standard InChI is InChI=1S/C17H36N4O3/c1-4-6-10-23-11-7-19-16(18-5-2)20-14-17(3,22)15-21-8-12-24-13-9-21/h22H,4-15H2,1-3H3,(H2,18,19,20). The van der Waals surface area contributed by atoms with Crippen LogP contribution in [0.15, 0.2) is 4.99 Å². The Labute approximate surface area is 146 Å².